The SMILES string of the molecule is COC(=O)CN1C=CN(C(=O)OCc2ccccc2)[C@@H](CC(=O)NCC(=O)OC(C)(C)C)C1=O. The minimum atomic E-state index is -1.29. The fraction of sp³-hybridized carbons (Fsp3) is 0.435. The van der Waals surface area contributed by atoms with Gasteiger partial charge in [-0.25, -0.2) is 4.79 Å². The Hall–Kier alpha value is -3.89. The maximum Gasteiger partial charge on any atom is 0.414 e. The molecule has 0 aliphatic carbocycles. The first-order chi connectivity index (χ1) is 16.0. The van der Waals surface area contributed by atoms with E-state index in [1.54, 1.807) is 45.0 Å². The highest BCUT2D eigenvalue weighted by Gasteiger charge is 2.38. The number of methoxy groups -OCH3 is 1. The van der Waals surface area contributed by atoms with Crippen LogP contribution in [0.4, 0.5) is 4.79 Å². The van der Waals surface area contributed by atoms with E-state index in [4.69, 9.17) is 9.47 Å². The smallest absolute Gasteiger partial charge is 0.414 e. The number of ether oxygens (including phenoxy) is 3. The average Bonchev–Trinajstić information content (AvgIpc) is 2.78. The molecular weight excluding hydrogens is 446 g/mol. The zero-order valence-corrected chi connectivity index (χ0v) is 19.6. The van der Waals surface area contributed by atoms with E-state index in [1.165, 1.54) is 19.5 Å². The Morgan fingerprint density at radius 2 is 1.71 bits per heavy atom. The highest BCUT2D eigenvalue weighted by molar-refractivity contribution is 5.94. The number of benzene rings is 1. The predicted molar refractivity (Wildman–Crippen MR) is 119 cm³/mol. The molecule has 0 spiro atoms. The summed E-state index contributed by atoms with van der Waals surface area (Å²) in [5.74, 6) is -2.68. The quantitative estimate of drug-likeness (QED) is 0.440. The number of amides is 3. The molecule has 0 fully saturated rings. The summed E-state index contributed by atoms with van der Waals surface area (Å²) in [7, 11) is 1.18. The second kappa shape index (κ2) is 11.8. The number of esters is 2. The molecule has 1 aliphatic rings. The van der Waals surface area contributed by atoms with Crippen molar-refractivity contribution in [2.75, 3.05) is 20.2 Å². The van der Waals surface area contributed by atoms with E-state index in [9.17, 15) is 24.0 Å². The van der Waals surface area contributed by atoms with E-state index in [1.807, 2.05) is 6.07 Å². The second-order valence-corrected chi connectivity index (χ2v) is 8.37. The molecule has 11 nitrogen and oxygen atoms in total. The third-order valence-corrected chi connectivity index (χ3v) is 4.48. The fourth-order valence-corrected chi connectivity index (χ4v) is 2.94. The van der Waals surface area contributed by atoms with Gasteiger partial charge < -0.3 is 24.4 Å². The Morgan fingerprint density at radius 3 is 2.32 bits per heavy atom. The van der Waals surface area contributed by atoms with Crippen LogP contribution in [0.5, 0.6) is 0 Å². The van der Waals surface area contributed by atoms with Crippen LogP contribution in [0.15, 0.2) is 42.7 Å². The minimum absolute atomic E-state index is 0.0400. The molecule has 0 saturated heterocycles. The first-order valence-electron chi connectivity index (χ1n) is 10.5. The summed E-state index contributed by atoms with van der Waals surface area (Å²) >= 11 is 0. The number of rotatable bonds is 8. The van der Waals surface area contributed by atoms with Crippen molar-refractivity contribution in [2.24, 2.45) is 0 Å². The molecule has 0 unspecified atom stereocenters. The monoisotopic (exact) mass is 475 g/mol. The van der Waals surface area contributed by atoms with E-state index >= 15 is 0 Å². The molecule has 1 aromatic rings. The lowest BCUT2D eigenvalue weighted by Gasteiger charge is -2.34. The topological polar surface area (TPSA) is 132 Å². The molecule has 184 valence electrons. The fourth-order valence-electron chi connectivity index (χ4n) is 2.94. The number of hydrogen-bond donors (Lipinski definition) is 1. The molecule has 3 amide bonds. The summed E-state index contributed by atoms with van der Waals surface area (Å²) in [6.07, 6.45) is 1.17. The standard InChI is InChI=1S/C23H29N3O8/c1-23(2,3)34-19(28)13-24-18(27)12-17-21(30)25(14-20(29)32-4)10-11-26(17)22(31)33-15-16-8-6-5-7-9-16/h5-11,17H,12-15H2,1-4H3,(H,24,27)/t17-/m0/s1. The van der Waals surface area contributed by atoms with Crippen LogP contribution in [0.2, 0.25) is 0 Å². The van der Waals surface area contributed by atoms with Crippen molar-refractivity contribution >= 4 is 29.8 Å². The van der Waals surface area contributed by atoms with Gasteiger partial charge in [0.15, 0.2) is 0 Å². The predicted octanol–water partition coefficient (Wildman–Crippen LogP) is 1.33. The molecule has 0 saturated carbocycles. The zero-order chi connectivity index (χ0) is 25.3. The third kappa shape index (κ3) is 8.23. The maximum absolute atomic E-state index is 13.0. The van der Waals surface area contributed by atoms with E-state index in [2.05, 4.69) is 10.1 Å². The van der Waals surface area contributed by atoms with Gasteiger partial charge >= 0.3 is 18.0 Å². The van der Waals surface area contributed by atoms with Gasteiger partial charge in [-0.05, 0) is 26.3 Å². The lowest BCUT2D eigenvalue weighted by atomic mass is 10.1. The van der Waals surface area contributed by atoms with E-state index in [0.717, 1.165) is 15.4 Å². The third-order valence-electron chi connectivity index (χ3n) is 4.48. The van der Waals surface area contributed by atoms with Crippen LogP contribution >= 0.6 is 0 Å². The van der Waals surface area contributed by atoms with Gasteiger partial charge in [0.1, 0.15) is 31.3 Å². The molecule has 1 heterocycles. The van der Waals surface area contributed by atoms with Gasteiger partial charge in [-0.15, -0.1) is 0 Å². The van der Waals surface area contributed by atoms with Crippen LogP contribution in [-0.4, -0.2) is 71.5 Å². The van der Waals surface area contributed by atoms with Gasteiger partial charge in [-0.1, -0.05) is 30.3 Å². The van der Waals surface area contributed by atoms with Gasteiger partial charge in [0.05, 0.1) is 13.5 Å². The van der Waals surface area contributed by atoms with Crippen molar-refractivity contribution in [2.45, 2.75) is 45.4 Å². The summed E-state index contributed by atoms with van der Waals surface area (Å²) in [4.78, 5) is 63.7. The molecular formula is C23H29N3O8. The zero-order valence-electron chi connectivity index (χ0n) is 19.6. The first-order valence-corrected chi connectivity index (χ1v) is 10.5. The molecule has 0 radical (unpaired) electrons. The Morgan fingerprint density at radius 1 is 1.03 bits per heavy atom. The lowest BCUT2D eigenvalue weighted by molar-refractivity contribution is -0.154. The van der Waals surface area contributed by atoms with Gasteiger partial charge in [0, 0.05) is 12.4 Å². The normalized spacial score (nSPS) is 15.5. The summed E-state index contributed by atoms with van der Waals surface area (Å²) < 4.78 is 15.0. The summed E-state index contributed by atoms with van der Waals surface area (Å²) in [5.41, 5.74) is 0.0155. The molecule has 11 heteroatoms. The molecule has 34 heavy (non-hydrogen) atoms. The molecule has 1 aliphatic heterocycles. The van der Waals surface area contributed by atoms with Crippen LogP contribution in [0.25, 0.3) is 0 Å². The summed E-state index contributed by atoms with van der Waals surface area (Å²) in [6, 6.07) is 7.64. The Labute approximate surface area is 197 Å². The lowest BCUT2D eigenvalue weighted by Crippen LogP contribution is -2.53. The van der Waals surface area contributed by atoms with Crippen molar-refractivity contribution < 1.29 is 38.2 Å². The molecule has 1 aromatic carbocycles. The van der Waals surface area contributed by atoms with Crippen molar-refractivity contribution in [1.29, 1.82) is 0 Å². The molecule has 0 aromatic heterocycles. The molecule has 0 bridgehead atoms. The van der Waals surface area contributed by atoms with Gasteiger partial charge in [-0.3, -0.25) is 24.1 Å². The second-order valence-electron chi connectivity index (χ2n) is 8.37. The minimum Gasteiger partial charge on any atom is -0.468 e. The van der Waals surface area contributed by atoms with E-state index < -0.39 is 61.0 Å². The number of nitrogens with one attached hydrogen (secondary N) is 1. The number of carbonyl (C=O) groups excluding carboxylic acids is 5. The Kier molecular flexibility index (Phi) is 9.17. The number of hydrogen-bond acceptors (Lipinski definition) is 8. The maximum atomic E-state index is 13.0. The van der Waals surface area contributed by atoms with Crippen LogP contribution in [-0.2, 0) is 40.0 Å². The summed E-state index contributed by atoms with van der Waals surface area (Å²) in [6.45, 7) is 4.23. The van der Waals surface area contributed by atoms with Crippen molar-refractivity contribution in [1.82, 2.24) is 15.1 Å². The van der Waals surface area contributed by atoms with Crippen LogP contribution in [0, 0.1) is 0 Å². The molecule has 1 atom stereocenters. The molecule has 1 N–H and O–H groups in total. The summed E-state index contributed by atoms with van der Waals surface area (Å²) in [5, 5.41) is 2.38. The number of nitrogens with zero attached hydrogens (tertiary/aromatic N) is 2. The van der Waals surface area contributed by atoms with Crippen LogP contribution < -0.4 is 5.32 Å². The highest BCUT2D eigenvalue weighted by atomic mass is 16.6. The van der Waals surface area contributed by atoms with E-state index in [0.29, 0.717) is 0 Å². The number of carbonyl (C=O) groups is 5. The van der Waals surface area contributed by atoms with Crippen molar-refractivity contribution in [3.05, 3.63) is 48.3 Å². The van der Waals surface area contributed by atoms with Gasteiger partial charge in [-0.2, -0.15) is 0 Å². The van der Waals surface area contributed by atoms with Crippen molar-refractivity contribution in [3.63, 3.8) is 0 Å². The van der Waals surface area contributed by atoms with Gasteiger partial charge in [0.25, 0.3) is 5.91 Å². The van der Waals surface area contributed by atoms with Gasteiger partial charge in [0.2, 0.25) is 5.91 Å². The molecule has 2 rings (SSSR count). The van der Waals surface area contributed by atoms with Crippen LogP contribution in [0.1, 0.15) is 32.8 Å². The Bertz CT molecular complexity index is 939. The highest BCUT2D eigenvalue weighted by Crippen LogP contribution is 2.18. The average molecular weight is 475 g/mol. The van der Waals surface area contributed by atoms with E-state index in [-0.39, 0.29) is 6.61 Å². The van der Waals surface area contributed by atoms with Crippen LogP contribution in [0.3, 0.4) is 0 Å². The largest absolute Gasteiger partial charge is 0.468 e. The first kappa shape index (κ1) is 26.4. The van der Waals surface area contributed by atoms with Crippen molar-refractivity contribution in [3.8, 4) is 0 Å². The Balaban J connectivity index is 2.09.